The van der Waals surface area contributed by atoms with Crippen LogP contribution in [0.4, 0.5) is 0 Å². The monoisotopic (exact) mass is 324 g/mol. The zero-order valence-corrected chi connectivity index (χ0v) is 13.1. The topological polar surface area (TPSA) is 74.3 Å². The fourth-order valence-electron chi connectivity index (χ4n) is 1.80. The highest BCUT2D eigenvalue weighted by molar-refractivity contribution is 7.89. The highest BCUT2D eigenvalue weighted by Crippen LogP contribution is 2.23. The van der Waals surface area contributed by atoms with Crippen LogP contribution >= 0.6 is 11.6 Å². The smallest absolute Gasteiger partial charge is 0.243 e. The summed E-state index contributed by atoms with van der Waals surface area (Å²) in [6, 6.07) is 9.42. The SMILES string of the molecule is Cc1ccc(CN(C)S(=O)(=O)c2ccc(C#N)c(Cl)c2)o1. The maximum absolute atomic E-state index is 12.4. The molecule has 2 aromatic rings. The van der Waals surface area contributed by atoms with Gasteiger partial charge in [-0.2, -0.15) is 9.57 Å². The first-order valence-electron chi connectivity index (χ1n) is 6.06. The predicted molar refractivity (Wildman–Crippen MR) is 78.3 cm³/mol. The molecule has 0 N–H and O–H groups in total. The van der Waals surface area contributed by atoms with Gasteiger partial charge in [0.1, 0.15) is 17.6 Å². The summed E-state index contributed by atoms with van der Waals surface area (Å²) < 4.78 is 31.4. The van der Waals surface area contributed by atoms with E-state index in [9.17, 15) is 8.42 Å². The number of aryl methyl sites for hydroxylation is 1. The first kappa shape index (κ1) is 15.6. The molecular weight excluding hydrogens is 312 g/mol. The van der Waals surface area contributed by atoms with Crippen LogP contribution in [-0.2, 0) is 16.6 Å². The number of nitriles is 1. The second-order valence-electron chi connectivity index (χ2n) is 4.53. The van der Waals surface area contributed by atoms with Crippen LogP contribution in [0.3, 0.4) is 0 Å². The molecule has 0 atom stereocenters. The molecule has 1 aromatic carbocycles. The van der Waals surface area contributed by atoms with Crippen LogP contribution in [0.15, 0.2) is 39.6 Å². The van der Waals surface area contributed by atoms with Crippen molar-refractivity contribution in [3.05, 3.63) is 52.4 Å². The van der Waals surface area contributed by atoms with Crippen LogP contribution in [0.5, 0.6) is 0 Å². The Hall–Kier alpha value is -1.81. The highest BCUT2D eigenvalue weighted by Gasteiger charge is 2.22. The van der Waals surface area contributed by atoms with E-state index in [4.69, 9.17) is 21.3 Å². The standard InChI is InChI=1S/C14H13ClN2O3S/c1-10-3-5-12(20-10)9-17(2)21(18,19)13-6-4-11(8-16)14(15)7-13/h3-7H,9H2,1-2H3. The minimum Gasteiger partial charge on any atom is -0.465 e. The average Bonchev–Trinajstić information content (AvgIpc) is 2.83. The molecule has 0 saturated carbocycles. The molecule has 0 saturated heterocycles. The van der Waals surface area contributed by atoms with Crippen molar-refractivity contribution in [3.63, 3.8) is 0 Å². The molecule has 0 aliphatic heterocycles. The minimum absolute atomic E-state index is 0.0391. The fraction of sp³-hybridized carbons (Fsp3) is 0.214. The third-order valence-electron chi connectivity index (χ3n) is 2.94. The number of benzene rings is 1. The summed E-state index contributed by atoms with van der Waals surface area (Å²) in [5, 5.41) is 8.92. The molecule has 1 aromatic heterocycles. The summed E-state index contributed by atoms with van der Waals surface area (Å²) in [7, 11) is -2.24. The van der Waals surface area contributed by atoms with Gasteiger partial charge in [-0.05, 0) is 37.3 Å². The van der Waals surface area contributed by atoms with Crippen LogP contribution in [0, 0.1) is 18.3 Å². The van der Waals surface area contributed by atoms with Gasteiger partial charge in [0.15, 0.2) is 0 Å². The Morgan fingerprint density at radius 2 is 2.05 bits per heavy atom. The molecule has 2 rings (SSSR count). The Bertz CT molecular complexity index is 806. The molecule has 0 amide bonds. The van der Waals surface area contributed by atoms with E-state index in [1.54, 1.807) is 19.1 Å². The number of hydrogen-bond acceptors (Lipinski definition) is 4. The van der Waals surface area contributed by atoms with Crippen LogP contribution in [0.2, 0.25) is 5.02 Å². The van der Waals surface area contributed by atoms with Gasteiger partial charge < -0.3 is 4.42 Å². The quantitative estimate of drug-likeness (QED) is 0.866. The lowest BCUT2D eigenvalue weighted by atomic mass is 10.2. The van der Waals surface area contributed by atoms with Gasteiger partial charge in [0.05, 0.1) is 22.0 Å². The molecule has 0 radical (unpaired) electrons. The molecule has 1 heterocycles. The molecule has 0 spiro atoms. The number of furan rings is 1. The second-order valence-corrected chi connectivity index (χ2v) is 6.98. The van der Waals surface area contributed by atoms with Crippen molar-refractivity contribution >= 4 is 21.6 Å². The van der Waals surface area contributed by atoms with Crippen molar-refractivity contribution in [1.29, 1.82) is 5.26 Å². The summed E-state index contributed by atoms with van der Waals surface area (Å²) in [4.78, 5) is 0.0391. The summed E-state index contributed by atoms with van der Waals surface area (Å²) in [6.07, 6.45) is 0. The second kappa shape index (κ2) is 5.90. The molecule has 0 aliphatic rings. The van der Waals surface area contributed by atoms with Gasteiger partial charge in [0.25, 0.3) is 0 Å². The first-order valence-corrected chi connectivity index (χ1v) is 7.87. The predicted octanol–water partition coefficient (Wildman–Crippen LogP) is 2.93. The number of nitrogens with zero attached hydrogens (tertiary/aromatic N) is 2. The zero-order chi connectivity index (χ0) is 15.6. The molecule has 0 aliphatic carbocycles. The van der Waals surface area contributed by atoms with Crippen LogP contribution in [0.1, 0.15) is 17.1 Å². The lowest BCUT2D eigenvalue weighted by Gasteiger charge is -2.16. The summed E-state index contributed by atoms with van der Waals surface area (Å²) in [5.74, 6) is 1.27. The van der Waals surface area contributed by atoms with E-state index in [-0.39, 0.29) is 22.0 Å². The Labute approximate surface area is 128 Å². The van der Waals surface area contributed by atoms with E-state index in [1.807, 2.05) is 6.07 Å². The van der Waals surface area contributed by atoms with Gasteiger partial charge in [-0.25, -0.2) is 8.42 Å². The molecule has 110 valence electrons. The zero-order valence-electron chi connectivity index (χ0n) is 11.5. The molecule has 0 bridgehead atoms. The normalized spacial score (nSPS) is 11.6. The largest absolute Gasteiger partial charge is 0.465 e. The highest BCUT2D eigenvalue weighted by atomic mass is 35.5. The van der Waals surface area contributed by atoms with Gasteiger partial charge in [-0.15, -0.1) is 0 Å². The third-order valence-corrected chi connectivity index (χ3v) is 5.06. The number of sulfonamides is 1. The van der Waals surface area contributed by atoms with Gasteiger partial charge >= 0.3 is 0 Å². The third kappa shape index (κ3) is 3.27. The van der Waals surface area contributed by atoms with Crippen LogP contribution < -0.4 is 0 Å². The van der Waals surface area contributed by atoms with Crippen molar-refractivity contribution in [3.8, 4) is 6.07 Å². The lowest BCUT2D eigenvalue weighted by molar-refractivity contribution is 0.397. The Morgan fingerprint density at radius 3 is 2.57 bits per heavy atom. The molecule has 0 unspecified atom stereocenters. The van der Waals surface area contributed by atoms with Crippen LogP contribution in [0.25, 0.3) is 0 Å². The van der Waals surface area contributed by atoms with Gasteiger partial charge in [-0.1, -0.05) is 11.6 Å². The first-order chi connectivity index (χ1) is 9.84. The van der Waals surface area contributed by atoms with Crippen molar-refractivity contribution in [1.82, 2.24) is 4.31 Å². The number of halogens is 1. The van der Waals surface area contributed by atoms with Gasteiger partial charge in [0, 0.05) is 7.05 Å². The Kier molecular flexibility index (Phi) is 4.37. The Morgan fingerprint density at radius 1 is 1.33 bits per heavy atom. The molecule has 7 heteroatoms. The molecule has 21 heavy (non-hydrogen) atoms. The van der Waals surface area contributed by atoms with Gasteiger partial charge in [-0.3, -0.25) is 0 Å². The average molecular weight is 325 g/mol. The van der Waals surface area contributed by atoms with Crippen molar-refractivity contribution < 1.29 is 12.8 Å². The summed E-state index contributed by atoms with van der Waals surface area (Å²) in [6.45, 7) is 1.91. The van der Waals surface area contributed by atoms with E-state index < -0.39 is 10.0 Å². The lowest BCUT2D eigenvalue weighted by Crippen LogP contribution is -2.26. The Balaban J connectivity index is 2.29. The number of hydrogen-bond donors (Lipinski definition) is 0. The molecule has 5 nitrogen and oxygen atoms in total. The summed E-state index contributed by atoms with van der Waals surface area (Å²) >= 11 is 5.88. The summed E-state index contributed by atoms with van der Waals surface area (Å²) in [5.41, 5.74) is 0.236. The van der Waals surface area contributed by atoms with E-state index >= 15 is 0 Å². The van der Waals surface area contributed by atoms with E-state index in [0.29, 0.717) is 5.76 Å². The van der Waals surface area contributed by atoms with E-state index in [0.717, 1.165) is 5.76 Å². The molecular formula is C14H13ClN2O3S. The van der Waals surface area contributed by atoms with E-state index in [1.165, 1.54) is 29.6 Å². The van der Waals surface area contributed by atoms with Crippen molar-refractivity contribution in [2.45, 2.75) is 18.4 Å². The molecule has 0 fully saturated rings. The minimum atomic E-state index is -3.70. The van der Waals surface area contributed by atoms with Crippen molar-refractivity contribution in [2.24, 2.45) is 0 Å². The maximum atomic E-state index is 12.4. The maximum Gasteiger partial charge on any atom is 0.243 e. The van der Waals surface area contributed by atoms with Gasteiger partial charge in [0.2, 0.25) is 10.0 Å². The van der Waals surface area contributed by atoms with Crippen molar-refractivity contribution in [2.75, 3.05) is 7.05 Å². The number of rotatable bonds is 4. The van der Waals surface area contributed by atoms with E-state index in [2.05, 4.69) is 0 Å². The fourth-order valence-corrected chi connectivity index (χ4v) is 3.25. The van der Waals surface area contributed by atoms with Crippen LogP contribution in [-0.4, -0.2) is 19.8 Å².